The summed E-state index contributed by atoms with van der Waals surface area (Å²) >= 11 is 0. The molecule has 1 saturated carbocycles. The van der Waals surface area contributed by atoms with Gasteiger partial charge in [-0.25, -0.2) is 8.42 Å². The second-order valence-electron chi connectivity index (χ2n) is 7.72. The van der Waals surface area contributed by atoms with Gasteiger partial charge in [-0.15, -0.1) is 0 Å². The van der Waals surface area contributed by atoms with Crippen molar-refractivity contribution < 1.29 is 22.7 Å². The fourth-order valence-corrected chi connectivity index (χ4v) is 5.65. The second kappa shape index (κ2) is 8.29. The molecule has 0 spiro atoms. The van der Waals surface area contributed by atoms with Gasteiger partial charge in [-0.1, -0.05) is 19.3 Å². The molecule has 1 aromatic rings. The fourth-order valence-electron chi connectivity index (χ4n) is 4.21. The van der Waals surface area contributed by atoms with Crippen molar-refractivity contribution in [3.63, 3.8) is 0 Å². The summed E-state index contributed by atoms with van der Waals surface area (Å²) in [5.41, 5.74) is 0. The first-order valence-corrected chi connectivity index (χ1v) is 11.7. The molecule has 0 radical (unpaired) electrons. The number of hydrogen-bond acceptors (Lipinski definition) is 5. The molecule has 7 nitrogen and oxygen atoms in total. The highest BCUT2D eigenvalue weighted by Crippen LogP contribution is 2.33. The maximum Gasteiger partial charge on any atom is 0.243 e. The predicted octanol–water partition coefficient (Wildman–Crippen LogP) is 2.26. The van der Waals surface area contributed by atoms with Crippen molar-refractivity contribution in [1.29, 1.82) is 0 Å². The summed E-state index contributed by atoms with van der Waals surface area (Å²) in [4.78, 5) is 14.8. The van der Waals surface area contributed by atoms with Gasteiger partial charge in [-0.3, -0.25) is 4.79 Å². The van der Waals surface area contributed by atoms with Crippen LogP contribution in [0.4, 0.5) is 0 Å². The Labute approximate surface area is 166 Å². The van der Waals surface area contributed by atoms with Gasteiger partial charge in [-0.05, 0) is 25.0 Å². The van der Waals surface area contributed by atoms with E-state index in [1.807, 2.05) is 4.90 Å². The Morgan fingerprint density at radius 3 is 2.29 bits per heavy atom. The molecule has 1 saturated heterocycles. The second-order valence-corrected chi connectivity index (χ2v) is 9.66. The lowest BCUT2D eigenvalue weighted by Crippen LogP contribution is -2.52. The van der Waals surface area contributed by atoms with E-state index in [4.69, 9.17) is 9.47 Å². The number of rotatable bonds is 3. The van der Waals surface area contributed by atoms with Crippen molar-refractivity contribution in [1.82, 2.24) is 9.21 Å². The SMILES string of the molecule is O=C(C1CCCCC1)N1CCN(S(=O)(=O)c2ccc3c(c2)OCCCO3)CC1. The van der Waals surface area contributed by atoms with Gasteiger partial charge in [0.25, 0.3) is 0 Å². The number of piperazine rings is 1. The summed E-state index contributed by atoms with van der Waals surface area (Å²) in [7, 11) is -3.62. The zero-order chi connectivity index (χ0) is 19.6. The highest BCUT2D eigenvalue weighted by atomic mass is 32.2. The maximum atomic E-state index is 13.1. The van der Waals surface area contributed by atoms with E-state index < -0.39 is 10.0 Å². The molecule has 1 aromatic carbocycles. The highest BCUT2D eigenvalue weighted by Gasteiger charge is 2.33. The van der Waals surface area contributed by atoms with Crippen LogP contribution in [0.1, 0.15) is 38.5 Å². The lowest BCUT2D eigenvalue weighted by molar-refractivity contribution is -0.137. The number of nitrogens with zero attached hydrogens (tertiary/aromatic N) is 2. The molecule has 0 aromatic heterocycles. The van der Waals surface area contributed by atoms with Gasteiger partial charge in [0.15, 0.2) is 11.5 Å². The van der Waals surface area contributed by atoms with Gasteiger partial charge in [0.2, 0.25) is 15.9 Å². The first kappa shape index (κ1) is 19.5. The van der Waals surface area contributed by atoms with Gasteiger partial charge in [0.05, 0.1) is 18.1 Å². The smallest absolute Gasteiger partial charge is 0.243 e. The van der Waals surface area contributed by atoms with Crippen LogP contribution in [0.5, 0.6) is 11.5 Å². The number of fused-ring (bicyclic) bond motifs is 1. The molecule has 3 aliphatic rings. The minimum atomic E-state index is -3.62. The first-order valence-electron chi connectivity index (χ1n) is 10.2. The first-order chi connectivity index (χ1) is 13.6. The minimum absolute atomic E-state index is 0.124. The molecule has 2 fully saturated rings. The number of sulfonamides is 1. The van der Waals surface area contributed by atoms with Crippen molar-refractivity contribution >= 4 is 15.9 Å². The summed E-state index contributed by atoms with van der Waals surface area (Å²) < 4.78 is 38.8. The molecular formula is C20H28N2O5S. The van der Waals surface area contributed by atoms with Crippen LogP contribution in [0.25, 0.3) is 0 Å². The van der Waals surface area contributed by atoms with Crippen LogP contribution in [-0.4, -0.2) is 62.9 Å². The Morgan fingerprint density at radius 1 is 0.893 bits per heavy atom. The zero-order valence-corrected chi connectivity index (χ0v) is 17.0. The third-order valence-corrected chi connectivity index (χ3v) is 7.76. The van der Waals surface area contributed by atoms with E-state index in [1.54, 1.807) is 18.2 Å². The van der Waals surface area contributed by atoms with E-state index in [-0.39, 0.29) is 16.7 Å². The fraction of sp³-hybridized carbons (Fsp3) is 0.650. The lowest BCUT2D eigenvalue weighted by atomic mass is 9.88. The van der Waals surface area contributed by atoms with E-state index in [0.29, 0.717) is 50.9 Å². The van der Waals surface area contributed by atoms with E-state index in [1.165, 1.54) is 10.7 Å². The quantitative estimate of drug-likeness (QED) is 0.767. The zero-order valence-electron chi connectivity index (χ0n) is 16.1. The van der Waals surface area contributed by atoms with Crippen molar-refractivity contribution in [2.24, 2.45) is 5.92 Å². The standard InChI is InChI=1S/C20H28N2O5S/c23-20(16-5-2-1-3-6-16)21-9-11-22(12-10-21)28(24,25)17-7-8-18-19(15-17)27-14-4-13-26-18/h7-8,15-16H,1-6,9-14H2. The number of benzene rings is 1. The maximum absolute atomic E-state index is 13.1. The molecule has 0 atom stereocenters. The summed E-state index contributed by atoms with van der Waals surface area (Å²) in [6.07, 6.45) is 6.16. The van der Waals surface area contributed by atoms with Crippen molar-refractivity contribution in [3.05, 3.63) is 18.2 Å². The average Bonchev–Trinajstić information content (AvgIpc) is 2.99. The van der Waals surface area contributed by atoms with Crippen molar-refractivity contribution in [2.75, 3.05) is 39.4 Å². The van der Waals surface area contributed by atoms with Crippen LogP contribution in [0.2, 0.25) is 0 Å². The third-order valence-electron chi connectivity index (χ3n) is 5.86. The van der Waals surface area contributed by atoms with Gasteiger partial charge >= 0.3 is 0 Å². The number of carbonyl (C=O) groups excluding carboxylic acids is 1. The van der Waals surface area contributed by atoms with Crippen LogP contribution < -0.4 is 9.47 Å². The Bertz CT molecular complexity index is 812. The van der Waals surface area contributed by atoms with Crippen LogP contribution >= 0.6 is 0 Å². The molecule has 154 valence electrons. The molecule has 2 aliphatic heterocycles. The average molecular weight is 409 g/mol. The van der Waals surface area contributed by atoms with E-state index in [9.17, 15) is 13.2 Å². The Kier molecular flexibility index (Phi) is 5.78. The van der Waals surface area contributed by atoms with Gasteiger partial charge in [0, 0.05) is 44.6 Å². The molecule has 28 heavy (non-hydrogen) atoms. The normalized spacial score (nSPS) is 21.9. The molecule has 0 N–H and O–H groups in total. The third kappa shape index (κ3) is 3.98. The molecule has 2 heterocycles. The molecule has 4 rings (SSSR count). The number of ether oxygens (including phenoxy) is 2. The monoisotopic (exact) mass is 408 g/mol. The molecule has 1 amide bonds. The minimum Gasteiger partial charge on any atom is -0.490 e. The van der Waals surface area contributed by atoms with Gasteiger partial charge < -0.3 is 14.4 Å². The predicted molar refractivity (Wildman–Crippen MR) is 104 cm³/mol. The van der Waals surface area contributed by atoms with Crippen molar-refractivity contribution in [3.8, 4) is 11.5 Å². The topological polar surface area (TPSA) is 76.2 Å². The summed E-state index contributed by atoms with van der Waals surface area (Å²) in [5.74, 6) is 1.38. The van der Waals surface area contributed by atoms with Crippen LogP contribution in [0.15, 0.2) is 23.1 Å². The largest absolute Gasteiger partial charge is 0.490 e. The Balaban J connectivity index is 1.42. The molecular weight excluding hydrogens is 380 g/mol. The Morgan fingerprint density at radius 2 is 1.57 bits per heavy atom. The molecule has 0 bridgehead atoms. The highest BCUT2D eigenvalue weighted by molar-refractivity contribution is 7.89. The van der Waals surface area contributed by atoms with Gasteiger partial charge in [-0.2, -0.15) is 4.31 Å². The van der Waals surface area contributed by atoms with Crippen molar-refractivity contribution in [2.45, 2.75) is 43.4 Å². The summed E-state index contributed by atoms with van der Waals surface area (Å²) in [6, 6.07) is 4.79. The van der Waals surface area contributed by atoms with E-state index >= 15 is 0 Å². The van der Waals surface area contributed by atoms with Crippen LogP contribution in [-0.2, 0) is 14.8 Å². The summed E-state index contributed by atoms with van der Waals surface area (Å²) in [6.45, 7) is 2.65. The lowest BCUT2D eigenvalue weighted by Gasteiger charge is -2.36. The molecule has 0 unspecified atom stereocenters. The number of hydrogen-bond donors (Lipinski definition) is 0. The summed E-state index contributed by atoms with van der Waals surface area (Å²) in [5, 5.41) is 0. The molecule has 1 aliphatic carbocycles. The molecule has 8 heteroatoms. The van der Waals surface area contributed by atoms with E-state index in [0.717, 1.165) is 32.1 Å². The van der Waals surface area contributed by atoms with Crippen LogP contribution in [0.3, 0.4) is 0 Å². The Hall–Kier alpha value is -1.80. The van der Waals surface area contributed by atoms with E-state index in [2.05, 4.69) is 0 Å². The van der Waals surface area contributed by atoms with Gasteiger partial charge in [0.1, 0.15) is 0 Å². The number of carbonyl (C=O) groups is 1. The number of amides is 1. The van der Waals surface area contributed by atoms with Crippen LogP contribution in [0, 0.1) is 5.92 Å².